The third-order valence-electron chi connectivity index (χ3n) is 6.81. The maximum Gasteiger partial charge on any atom is 1.00 e. The number of pyridine rings is 1. The summed E-state index contributed by atoms with van der Waals surface area (Å²) in [5.74, 6) is -3.25. The Morgan fingerprint density at radius 3 is 2.72 bits per heavy atom. The van der Waals surface area contributed by atoms with Crippen molar-refractivity contribution in [2.75, 3.05) is 18.1 Å². The number of carboxylic acid groups (broad SMARTS) is 1. The number of oxime groups is 1. The van der Waals surface area contributed by atoms with E-state index in [2.05, 4.69) is 25.5 Å². The number of hydrogen-bond acceptors (Lipinski definition) is 12. The SMILES string of the molecule is CCO/N=C(\C(=O)N[C@@H]1C(=O)N2C(C(=O)[O-])=C(/C=C/C[n+]3ccc(-c4cc(C(=O)N=C=[N-])n(C)n4)cc3)CS[C@H]12)c1csc(N)n1.[Na+]. The number of aromatic nitrogens is 4. The van der Waals surface area contributed by atoms with E-state index in [1.165, 1.54) is 27.8 Å². The number of β-lactam (4-membered cyclic amide) rings is 1. The summed E-state index contributed by atoms with van der Waals surface area (Å²) in [6.07, 6.45) is 6.94. The number of rotatable bonds is 11. The molecule has 0 bridgehead atoms. The maximum atomic E-state index is 13.1. The van der Waals surface area contributed by atoms with E-state index < -0.39 is 35.1 Å². The number of aliphatic carboxylic acids is 1. The quantitative estimate of drug-likeness (QED) is 0.0673. The molecular formula is C28H25N10NaO6S2. The fraction of sp³-hybridized carbons (Fsp3) is 0.250. The van der Waals surface area contributed by atoms with E-state index in [1.54, 1.807) is 56.7 Å². The van der Waals surface area contributed by atoms with Crippen molar-refractivity contribution in [3.05, 3.63) is 76.2 Å². The number of anilines is 1. The number of nitrogens with zero attached hydrogens (tertiary/aromatic N) is 8. The van der Waals surface area contributed by atoms with Crippen molar-refractivity contribution in [3.8, 4) is 11.3 Å². The second kappa shape index (κ2) is 15.4. The Bertz CT molecular complexity index is 1860. The van der Waals surface area contributed by atoms with Crippen LogP contribution < -0.4 is 50.3 Å². The molecule has 47 heavy (non-hydrogen) atoms. The molecule has 3 aromatic rings. The molecule has 0 radical (unpaired) electrons. The molecule has 5 rings (SSSR count). The number of thioether (sulfide) groups is 1. The number of fused-ring (bicyclic) bond motifs is 1. The molecule has 3 aromatic heterocycles. The van der Waals surface area contributed by atoms with Crippen LogP contribution in [0.25, 0.3) is 16.7 Å². The minimum absolute atomic E-state index is 0. The number of carboxylic acids is 1. The van der Waals surface area contributed by atoms with E-state index in [9.17, 15) is 24.3 Å². The van der Waals surface area contributed by atoms with Gasteiger partial charge < -0.3 is 36.2 Å². The van der Waals surface area contributed by atoms with Crippen molar-refractivity contribution in [3.63, 3.8) is 0 Å². The zero-order chi connectivity index (χ0) is 33.0. The summed E-state index contributed by atoms with van der Waals surface area (Å²) in [4.78, 5) is 63.7. The summed E-state index contributed by atoms with van der Waals surface area (Å²) in [6, 6.07) is 5.60. The molecular weight excluding hydrogens is 659 g/mol. The number of carbonyl (C=O) groups excluding carboxylic acids is 4. The summed E-state index contributed by atoms with van der Waals surface area (Å²) in [5, 5.41) is 32.6. The fourth-order valence-electron chi connectivity index (χ4n) is 4.68. The van der Waals surface area contributed by atoms with Gasteiger partial charge in [-0.15, -0.1) is 29.1 Å². The molecule has 5 heterocycles. The van der Waals surface area contributed by atoms with Gasteiger partial charge in [0.25, 0.3) is 11.8 Å². The molecule has 3 amide bonds. The number of aliphatic imine (C=N–C) groups is 1. The van der Waals surface area contributed by atoms with Gasteiger partial charge in [0, 0.05) is 35.9 Å². The van der Waals surface area contributed by atoms with Crippen molar-refractivity contribution < 1.29 is 63.2 Å². The molecule has 0 saturated carbocycles. The first-order valence-electron chi connectivity index (χ1n) is 13.6. The fourth-order valence-corrected chi connectivity index (χ4v) is 6.54. The summed E-state index contributed by atoms with van der Waals surface area (Å²) in [6.45, 7) is 2.26. The van der Waals surface area contributed by atoms with Gasteiger partial charge in [0.2, 0.25) is 5.91 Å². The maximum absolute atomic E-state index is 13.1. The number of allylic oxidation sites excluding steroid dienone is 2. The molecule has 16 nitrogen and oxygen atoms in total. The van der Waals surface area contributed by atoms with Gasteiger partial charge in [-0.2, -0.15) is 5.10 Å². The van der Waals surface area contributed by atoms with Crippen LogP contribution in [0.5, 0.6) is 0 Å². The monoisotopic (exact) mass is 684 g/mol. The van der Waals surface area contributed by atoms with Gasteiger partial charge >= 0.3 is 29.6 Å². The number of nitrogens with one attached hydrogen (secondary N) is 1. The Kier molecular flexibility index (Phi) is 11.6. The molecule has 236 valence electrons. The first kappa shape index (κ1) is 35.4. The molecule has 1 fully saturated rings. The molecule has 19 heteroatoms. The number of nitrogens with two attached hydrogens (primary N) is 1. The van der Waals surface area contributed by atoms with Crippen molar-refractivity contribution in [1.82, 2.24) is 25.0 Å². The summed E-state index contributed by atoms with van der Waals surface area (Å²) >= 11 is 2.41. The number of thiazole rings is 1. The number of hydrogen-bond donors (Lipinski definition) is 2. The minimum Gasteiger partial charge on any atom is -0.543 e. The van der Waals surface area contributed by atoms with Gasteiger partial charge in [0.05, 0.1) is 17.4 Å². The predicted molar refractivity (Wildman–Crippen MR) is 165 cm³/mol. The summed E-state index contributed by atoms with van der Waals surface area (Å²) in [5.41, 5.74) is 7.29. The van der Waals surface area contributed by atoms with Crippen LogP contribution in [0.1, 0.15) is 23.1 Å². The van der Waals surface area contributed by atoms with Crippen LogP contribution in [-0.2, 0) is 32.8 Å². The van der Waals surface area contributed by atoms with Gasteiger partial charge in [0.1, 0.15) is 29.4 Å². The second-order valence-electron chi connectivity index (χ2n) is 9.69. The van der Waals surface area contributed by atoms with Gasteiger partial charge in [0.15, 0.2) is 29.8 Å². The minimum atomic E-state index is -1.51. The molecule has 0 spiro atoms. The van der Waals surface area contributed by atoms with Crippen LogP contribution in [-0.4, -0.2) is 78.9 Å². The van der Waals surface area contributed by atoms with E-state index in [1.807, 2.05) is 4.57 Å². The average Bonchev–Trinajstić information content (AvgIpc) is 3.65. The van der Waals surface area contributed by atoms with Crippen molar-refractivity contribution in [1.29, 1.82) is 0 Å². The van der Waals surface area contributed by atoms with Gasteiger partial charge in [-0.1, -0.05) is 11.2 Å². The molecule has 3 N–H and O–H groups in total. The second-order valence-corrected chi connectivity index (χ2v) is 11.7. The predicted octanol–water partition coefficient (Wildman–Crippen LogP) is -3.30. The van der Waals surface area contributed by atoms with Crippen LogP contribution in [0.4, 0.5) is 5.13 Å². The topological polar surface area (TPSA) is 223 Å². The number of amides is 3. The van der Waals surface area contributed by atoms with Crippen molar-refractivity contribution in [2.45, 2.75) is 24.9 Å². The number of carbonyl (C=O) groups is 4. The molecule has 0 aromatic carbocycles. The van der Waals surface area contributed by atoms with Crippen LogP contribution in [0.3, 0.4) is 0 Å². The zero-order valence-electron chi connectivity index (χ0n) is 25.3. The van der Waals surface area contributed by atoms with Crippen LogP contribution in [0, 0.1) is 0 Å². The summed E-state index contributed by atoms with van der Waals surface area (Å²) < 4.78 is 3.18. The third-order valence-corrected chi connectivity index (χ3v) is 8.79. The van der Waals surface area contributed by atoms with Crippen LogP contribution >= 0.6 is 23.1 Å². The first-order chi connectivity index (χ1) is 22.1. The average molecular weight is 685 g/mol. The normalized spacial score (nSPS) is 17.4. The number of aryl methyl sites for hydroxylation is 1. The van der Waals surface area contributed by atoms with E-state index in [0.717, 1.165) is 21.8 Å². The van der Waals surface area contributed by atoms with Crippen molar-refractivity contribution >= 4 is 63.6 Å². The number of nitrogen functional groups attached to an aromatic ring is 1. The molecule has 2 aliphatic rings. The van der Waals surface area contributed by atoms with Crippen LogP contribution in [0.15, 0.2) is 69.5 Å². The Hall–Kier alpha value is -4.45. The van der Waals surface area contributed by atoms with Gasteiger partial charge in [-0.3, -0.25) is 24.0 Å². The Balaban J connectivity index is 0.00000500. The molecule has 2 aliphatic heterocycles. The molecule has 0 unspecified atom stereocenters. The van der Waals surface area contributed by atoms with Gasteiger partial charge in [-0.25, -0.2) is 9.55 Å². The smallest absolute Gasteiger partial charge is 0.543 e. The third kappa shape index (κ3) is 7.59. The molecule has 2 atom stereocenters. The molecule has 0 aliphatic carbocycles. The van der Waals surface area contributed by atoms with Crippen molar-refractivity contribution in [2.24, 2.45) is 17.2 Å². The Morgan fingerprint density at radius 2 is 2.09 bits per heavy atom. The van der Waals surface area contributed by atoms with Crippen LogP contribution in [0.2, 0.25) is 0 Å². The van der Waals surface area contributed by atoms with E-state index >= 15 is 0 Å². The summed E-state index contributed by atoms with van der Waals surface area (Å²) in [7, 11) is 1.58. The molecule has 1 saturated heterocycles. The van der Waals surface area contributed by atoms with Gasteiger partial charge in [-0.05, 0) is 24.6 Å². The Labute approximate surface area is 297 Å². The van der Waals surface area contributed by atoms with E-state index in [4.69, 9.17) is 16.0 Å². The standard InChI is InChI=1S/C28H26N10O6S2.Na/c1-3-44-35-20(18-13-46-28(30)32-18)24(40)33-21-25(41)38-22(27(42)43)16(12-45-26(21)38)5-4-8-37-9-6-15(7-10-37)17-11-19(36(2)34-17)23(39)31-14-29;/h4-7,9-11,13,21,26H,3,8,12H2,1-2H3,(H2,30,32)(H,33,40)(H,42,43);/q;+1/p-1/b5-4+,35-20-;/t21-,26-;/m1./s1. The first-order valence-corrected chi connectivity index (χ1v) is 15.5. The van der Waals surface area contributed by atoms with E-state index in [-0.39, 0.29) is 69.8 Å². The zero-order valence-corrected chi connectivity index (χ0v) is 28.9. The largest absolute Gasteiger partial charge is 1.00 e. The Morgan fingerprint density at radius 1 is 1.34 bits per heavy atom. The van der Waals surface area contributed by atoms with E-state index in [0.29, 0.717) is 17.8 Å².